The lowest BCUT2D eigenvalue weighted by atomic mass is 10.1. The van der Waals surface area contributed by atoms with Crippen LogP contribution in [-0.4, -0.2) is 23.2 Å². The lowest BCUT2D eigenvalue weighted by molar-refractivity contribution is 0.326. The van der Waals surface area contributed by atoms with Crippen LogP contribution >= 0.6 is 0 Å². The van der Waals surface area contributed by atoms with Crippen LogP contribution in [-0.2, 0) is 6.54 Å². The average molecular weight is 288 g/mol. The van der Waals surface area contributed by atoms with Gasteiger partial charge in [0.1, 0.15) is 5.75 Å². The number of benzene rings is 1. The molecule has 0 unspecified atom stereocenters. The summed E-state index contributed by atoms with van der Waals surface area (Å²) in [5.41, 5.74) is 7.57. The first-order chi connectivity index (χ1) is 10.3. The van der Waals surface area contributed by atoms with Gasteiger partial charge in [0.25, 0.3) is 0 Å². The third-order valence-electron chi connectivity index (χ3n) is 2.76. The largest absolute Gasteiger partial charge is 0.494 e. The van der Waals surface area contributed by atoms with Crippen molar-refractivity contribution in [1.29, 1.82) is 0 Å². The zero-order chi connectivity index (χ0) is 15.1. The number of nitrogens with zero attached hydrogens (tertiary/aromatic N) is 2. The van der Waals surface area contributed by atoms with Gasteiger partial charge in [-0.15, -0.1) is 0 Å². The van der Waals surface area contributed by atoms with Gasteiger partial charge < -0.3 is 20.5 Å². The molecule has 2 aromatic rings. The molecular formula is C15H20N4O2. The van der Waals surface area contributed by atoms with Crippen LogP contribution in [0.15, 0.2) is 30.6 Å². The number of nitrogens with two attached hydrogens (primary N) is 1. The smallest absolute Gasteiger partial charge is 0.234 e. The lowest BCUT2D eigenvalue weighted by Crippen LogP contribution is -2.04. The van der Waals surface area contributed by atoms with E-state index in [2.05, 4.69) is 15.3 Å². The van der Waals surface area contributed by atoms with Gasteiger partial charge in [0.15, 0.2) is 5.82 Å². The van der Waals surface area contributed by atoms with Crippen molar-refractivity contribution in [3.63, 3.8) is 0 Å². The van der Waals surface area contributed by atoms with Crippen molar-refractivity contribution >= 4 is 11.5 Å². The van der Waals surface area contributed by atoms with Crippen LogP contribution in [0.1, 0.15) is 19.4 Å². The molecule has 21 heavy (non-hydrogen) atoms. The predicted octanol–water partition coefficient (Wildman–Crippen LogP) is 2.48. The van der Waals surface area contributed by atoms with Crippen LogP contribution < -0.4 is 20.5 Å². The van der Waals surface area contributed by atoms with Gasteiger partial charge in [-0.2, -0.15) is 4.98 Å². The van der Waals surface area contributed by atoms with Crippen LogP contribution in [0.4, 0.5) is 11.5 Å². The van der Waals surface area contributed by atoms with Crippen LogP contribution in [0.25, 0.3) is 0 Å². The molecule has 6 nitrogen and oxygen atoms in total. The third kappa shape index (κ3) is 4.06. The highest BCUT2D eigenvalue weighted by Gasteiger charge is 2.05. The molecule has 112 valence electrons. The van der Waals surface area contributed by atoms with E-state index in [0.717, 1.165) is 17.0 Å². The maximum atomic E-state index is 5.75. The van der Waals surface area contributed by atoms with E-state index < -0.39 is 0 Å². The minimum atomic E-state index is 0.412. The molecule has 0 amide bonds. The van der Waals surface area contributed by atoms with Gasteiger partial charge in [0.2, 0.25) is 5.88 Å². The molecular weight excluding hydrogens is 268 g/mol. The Balaban J connectivity index is 2.17. The molecule has 1 aromatic carbocycles. The van der Waals surface area contributed by atoms with Gasteiger partial charge in [-0.1, -0.05) is 0 Å². The number of rotatable bonds is 7. The molecule has 2 rings (SSSR count). The Morgan fingerprint density at radius 2 is 1.95 bits per heavy atom. The first-order valence-electron chi connectivity index (χ1n) is 6.94. The Kier molecular flexibility index (Phi) is 5.34. The number of anilines is 2. The number of hydrogen-bond donors (Lipinski definition) is 2. The molecule has 1 aromatic heterocycles. The highest BCUT2D eigenvalue weighted by atomic mass is 16.5. The normalized spacial score (nSPS) is 10.2. The van der Waals surface area contributed by atoms with Gasteiger partial charge in [-0.3, -0.25) is 4.98 Å². The Bertz CT molecular complexity index is 590. The maximum absolute atomic E-state index is 5.75. The minimum absolute atomic E-state index is 0.412. The van der Waals surface area contributed by atoms with E-state index in [9.17, 15) is 0 Å². The monoisotopic (exact) mass is 288 g/mol. The van der Waals surface area contributed by atoms with Crippen molar-refractivity contribution in [2.75, 3.05) is 18.5 Å². The summed E-state index contributed by atoms with van der Waals surface area (Å²) in [7, 11) is 0. The highest BCUT2D eigenvalue weighted by molar-refractivity contribution is 5.59. The summed E-state index contributed by atoms with van der Waals surface area (Å²) >= 11 is 0. The van der Waals surface area contributed by atoms with Crippen LogP contribution in [0, 0.1) is 0 Å². The topological polar surface area (TPSA) is 82.3 Å². The molecule has 6 heteroatoms. The van der Waals surface area contributed by atoms with Crippen molar-refractivity contribution in [1.82, 2.24) is 9.97 Å². The van der Waals surface area contributed by atoms with E-state index in [0.29, 0.717) is 31.5 Å². The molecule has 0 bridgehead atoms. The van der Waals surface area contributed by atoms with Gasteiger partial charge in [0.05, 0.1) is 25.6 Å². The van der Waals surface area contributed by atoms with Gasteiger partial charge >= 0.3 is 0 Å². The molecule has 0 saturated heterocycles. The quantitative estimate of drug-likeness (QED) is 0.814. The molecule has 0 atom stereocenters. The first-order valence-corrected chi connectivity index (χ1v) is 6.94. The van der Waals surface area contributed by atoms with E-state index >= 15 is 0 Å². The van der Waals surface area contributed by atoms with Crippen molar-refractivity contribution in [3.8, 4) is 11.6 Å². The Morgan fingerprint density at radius 3 is 2.67 bits per heavy atom. The number of hydrogen-bond acceptors (Lipinski definition) is 6. The second-order valence-electron chi connectivity index (χ2n) is 4.26. The fraction of sp³-hybridized carbons (Fsp3) is 0.333. The SMILES string of the molecule is CCOc1cncc(Nc2ccc(OCC)c(CN)c2)n1. The Hall–Kier alpha value is -2.34. The van der Waals surface area contributed by atoms with E-state index in [-0.39, 0.29) is 0 Å². The van der Waals surface area contributed by atoms with Crippen molar-refractivity contribution < 1.29 is 9.47 Å². The van der Waals surface area contributed by atoms with E-state index in [4.69, 9.17) is 15.2 Å². The van der Waals surface area contributed by atoms with E-state index in [1.54, 1.807) is 12.4 Å². The maximum Gasteiger partial charge on any atom is 0.234 e. The standard InChI is InChI=1S/C15H20N4O2/c1-3-20-13-6-5-12(7-11(13)8-16)18-14-9-17-10-15(19-14)21-4-2/h5-7,9-10H,3-4,8,16H2,1-2H3,(H,18,19). The summed E-state index contributed by atoms with van der Waals surface area (Å²) in [5.74, 6) is 1.92. The fourth-order valence-corrected chi connectivity index (χ4v) is 1.89. The van der Waals surface area contributed by atoms with Crippen molar-refractivity contribution in [2.24, 2.45) is 5.73 Å². The zero-order valence-electron chi connectivity index (χ0n) is 12.3. The van der Waals surface area contributed by atoms with Crippen LogP contribution in [0.3, 0.4) is 0 Å². The molecule has 0 aliphatic heterocycles. The van der Waals surface area contributed by atoms with Crippen LogP contribution in [0.2, 0.25) is 0 Å². The van der Waals surface area contributed by atoms with Crippen molar-refractivity contribution in [2.45, 2.75) is 20.4 Å². The first kappa shape index (κ1) is 15.1. The molecule has 0 aliphatic rings. The molecule has 0 radical (unpaired) electrons. The summed E-state index contributed by atoms with van der Waals surface area (Å²) in [6.45, 7) is 5.43. The molecule has 1 heterocycles. The fourth-order valence-electron chi connectivity index (χ4n) is 1.89. The lowest BCUT2D eigenvalue weighted by Gasteiger charge is -2.12. The van der Waals surface area contributed by atoms with Gasteiger partial charge in [0, 0.05) is 17.8 Å². The summed E-state index contributed by atoms with van der Waals surface area (Å²) < 4.78 is 10.9. The predicted molar refractivity (Wildman–Crippen MR) is 82.0 cm³/mol. The second kappa shape index (κ2) is 7.44. The average Bonchev–Trinajstić information content (AvgIpc) is 2.50. The molecule has 0 fully saturated rings. The summed E-state index contributed by atoms with van der Waals surface area (Å²) in [6.07, 6.45) is 3.22. The Morgan fingerprint density at radius 1 is 1.14 bits per heavy atom. The number of nitrogens with one attached hydrogen (secondary N) is 1. The van der Waals surface area contributed by atoms with Gasteiger partial charge in [-0.25, -0.2) is 0 Å². The minimum Gasteiger partial charge on any atom is -0.494 e. The molecule has 0 spiro atoms. The molecule has 3 N–H and O–H groups in total. The summed E-state index contributed by atoms with van der Waals surface area (Å²) in [5, 5.41) is 3.18. The van der Waals surface area contributed by atoms with Crippen molar-refractivity contribution in [3.05, 3.63) is 36.2 Å². The van der Waals surface area contributed by atoms with Gasteiger partial charge in [-0.05, 0) is 32.0 Å². The summed E-state index contributed by atoms with van der Waals surface area (Å²) in [6, 6.07) is 5.76. The van der Waals surface area contributed by atoms with Crippen LogP contribution in [0.5, 0.6) is 11.6 Å². The second-order valence-corrected chi connectivity index (χ2v) is 4.26. The highest BCUT2D eigenvalue weighted by Crippen LogP contribution is 2.24. The van der Waals surface area contributed by atoms with E-state index in [1.165, 1.54) is 0 Å². The van der Waals surface area contributed by atoms with E-state index in [1.807, 2.05) is 32.0 Å². The number of aromatic nitrogens is 2. The third-order valence-corrected chi connectivity index (χ3v) is 2.76. The zero-order valence-corrected chi connectivity index (χ0v) is 12.3. The Labute approximate surface area is 124 Å². The molecule has 0 saturated carbocycles. The number of ether oxygens (including phenoxy) is 2. The molecule has 0 aliphatic carbocycles. The summed E-state index contributed by atoms with van der Waals surface area (Å²) in [4.78, 5) is 8.40.